The summed E-state index contributed by atoms with van der Waals surface area (Å²) < 4.78 is 0. The third-order valence-corrected chi connectivity index (χ3v) is 3.56. The number of aryl methyl sites for hydroxylation is 1. The molecule has 0 spiro atoms. The minimum absolute atomic E-state index is 0.0249. The molecule has 3 heterocycles. The third-order valence-electron chi connectivity index (χ3n) is 3.56. The number of hydrogen-bond donors (Lipinski definition) is 0. The molecule has 3 rings (SSSR count). The molecule has 5 heteroatoms. The summed E-state index contributed by atoms with van der Waals surface area (Å²) in [5, 5.41) is 0. The third kappa shape index (κ3) is 2.39. The lowest BCUT2D eigenvalue weighted by molar-refractivity contribution is 0.0732. The molecule has 1 unspecified atom stereocenters. The lowest BCUT2D eigenvalue weighted by Gasteiger charge is -2.24. The fourth-order valence-corrected chi connectivity index (χ4v) is 2.63. The summed E-state index contributed by atoms with van der Waals surface area (Å²) in [5.74, 6) is 0.764. The Hall–Kier alpha value is -2.30. The fourth-order valence-electron chi connectivity index (χ4n) is 2.63. The second kappa shape index (κ2) is 5.36. The number of amides is 1. The zero-order chi connectivity index (χ0) is 13.9. The number of rotatable bonds is 2. The van der Waals surface area contributed by atoms with Crippen LogP contribution in [0.2, 0.25) is 0 Å². The van der Waals surface area contributed by atoms with E-state index in [2.05, 4.69) is 15.0 Å². The Balaban J connectivity index is 1.88. The highest BCUT2D eigenvalue weighted by atomic mass is 16.2. The normalized spacial score (nSPS) is 18.2. The first kappa shape index (κ1) is 12.7. The Kier molecular flexibility index (Phi) is 3.41. The molecule has 102 valence electrons. The second-order valence-corrected chi connectivity index (χ2v) is 4.93. The van der Waals surface area contributed by atoms with Crippen LogP contribution >= 0.6 is 0 Å². The van der Waals surface area contributed by atoms with E-state index in [0.717, 1.165) is 30.9 Å². The van der Waals surface area contributed by atoms with Gasteiger partial charge in [0, 0.05) is 25.1 Å². The first-order valence-corrected chi connectivity index (χ1v) is 6.76. The van der Waals surface area contributed by atoms with Crippen molar-refractivity contribution in [2.75, 3.05) is 6.54 Å². The molecule has 20 heavy (non-hydrogen) atoms. The highest BCUT2D eigenvalue weighted by molar-refractivity contribution is 5.94. The van der Waals surface area contributed by atoms with Crippen LogP contribution in [0.15, 0.2) is 36.8 Å². The van der Waals surface area contributed by atoms with Gasteiger partial charge < -0.3 is 4.90 Å². The minimum Gasteiger partial charge on any atom is -0.330 e. The zero-order valence-corrected chi connectivity index (χ0v) is 11.4. The van der Waals surface area contributed by atoms with E-state index in [0.29, 0.717) is 5.56 Å². The van der Waals surface area contributed by atoms with Crippen LogP contribution in [0.1, 0.15) is 40.8 Å². The number of nitrogens with zero attached hydrogens (tertiary/aromatic N) is 4. The van der Waals surface area contributed by atoms with Crippen LogP contribution in [0.5, 0.6) is 0 Å². The molecule has 0 aliphatic carbocycles. The standard InChI is InChI=1S/C15H16N4O/c1-11-17-8-6-13(18-11)14-5-3-9-19(14)15(20)12-4-2-7-16-10-12/h2,4,6-8,10,14H,3,5,9H2,1H3. The molecule has 1 aliphatic rings. The average molecular weight is 268 g/mol. The first-order valence-electron chi connectivity index (χ1n) is 6.76. The number of likely N-dealkylation sites (tertiary alicyclic amines) is 1. The Morgan fingerprint density at radius 3 is 3.00 bits per heavy atom. The van der Waals surface area contributed by atoms with Gasteiger partial charge in [0.15, 0.2) is 0 Å². The van der Waals surface area contributed by atoms with Crippen LogP contribution in [0.25, 0.3) is 0 Å². The Morgan fingerprint density at radius 2 is 2.25 bits per heavy atom. The lowest BCUT2D eigenvalue weighted by Crippen LogP contribution is -2.31. The van der Waals surface area contributed by atoms with E-state index in [1.165, 1.54) is 0 Å². The van der Waals surface area contributed by atoms with Crippen molar-refractivity contribution in [3.63, 3.8) is 0 Å². The van der Waals surface area contributed by atoms with Gasteiger partial charge in [0.25, 0.3) is 5.91 Å². The van der Waals surface area contributed by atoms with Crippen LogP contribution < -0.4 is 0 Å². The quantitative estimate of drug-likeness (QED) is 0.837. The molecule has 1 fully saturated rings. The van der Waals surface area contributed by atoms with Crippen LogP contribution in [0, 0.1) is 6.92 Å². The van der Waals surface area contributed by atoms with Crippen molar-refractivity contribution in [1.29, 1.82) is 0 Å². The van der Waals surface area contributed by atoms with E-state index in [4.69, 9.17) is 0 Å². The summed E-state index contributed by atoms with van der Waals surface area (Å²) in [4.78, 5) is 27.0. The molecular weight excluding hydrogens is 252 g/mol. The van der Waals surface area contributed by atoms with Crippen molar-refractivity contribution < 1.29 is 4.79 Å². The molecule has 1 atom stereocenters. The number of carbonyl (C=O) groups is 1. The lowest BCUT2D eigenvalue weighted by atomic mass is 10.1. The summed E-state index contributed by atoms with van der Waals surface area (Å²) in [6.45, 7) is 2.63. The molecule has 2 aromatic heterocycles. The summed E-state index contributed by atoms with van der Waals surface area (Å²) in [5.41, 5.74) is 1.55. The van der Waals surface area contributed by atoms with Crippen molar-refractivity contribution in [3.05, 3.63) is 53.9 Å². The van der Waals surface area contributed by atoms with Crippen LogP contribution in [-0.2, 0) is 0 Å². The van der Waals surface area contributed by atoms with Crippen LogP contribution in [0.4, 0.5) is 0 Å². The second-order valence-electron chi connectivity index (χ2n) is 4.93. The summed E-state index contributed by atoms with van der Waals surface area (Å²) in [7, 11) is 0. The van der Waals surface area contributed by atoms with Gasteiger partial charge in [-0.2, -0.15) is 0 Å². The van der Waals surface area contributed by atoms with E-state index in [9.17, 15) is 4.79 Å². The smallest absolute Gasteiger partial charge is 0.255 e. The zero-order valence-electron chi connectivity index (χ0n) is 11.4. The van der Waals surface area contributed by atoms with Crippen molar-refractivity contribution in [3.8, 4) is 0 Å². The topological polar surface area (TPSA) is 59.0 Å². The predicted octanol–water partition coefficient (Wildman–Crippen LogP) is 2.16. The minimum atomic E-state index is 0.0249. The molecule has 0 bridgehead atoms. The van der Waals surface area contributed by atoms with Crippen molar-refractivity contribution in [2.24, 2.45) is 0 Å². The van der Waals surface area contributed by atoms with Gasteiger partial charge >= 0.3 is 0 Å². The van der Waals surface area contributed by atoms with Gasteiger partial charge in [0.1, 0.15) is 5.82 Å². The van der Waals surface area contributed by atoms with Gasteiger partial charge in [0.05, 0.1) is 17.3 Å². The molecule has 0 aromatic carbocycles. The predicted molar refractivity (Wildman–Crippen MR) is 74.0 cm³/mol. The van der Waals surface area contributed by atoms with E-state index in [-0.39, 0.29) is 11.9 Å². The van der Waals surface area contributed by atoms with Crippen molar-refractivity contribution >= 4 is 5.91 Å². The van der Waals surface area contributed by atoms with E-state index in [1.54, 1.807) is 30.7 Å². The molecule has 1 amide bonds. The Bertz CT molecular complexity index is 614. The number of hydrogen-bond acceptors (Lipinski definition) is 4. The van der Waals surface area contributed by atoms with E-state index in [1.807, 2.05) is 17.9 Å². The van der Waals surface area contributed by atoms with Gasteiger partial charge in [0.2, 0.25) is 0 Å². The highest BCUT2D eigenvalue weighted by Gasteiger charge is 2.31. The molecular formula is C15H16N4O. The SMILES string of the molecule is Cc1nccc(C2CCCN2C(=O)c2cccnc2)n1. The Labute approximate surface area is 117 Å². The molecule has 1 aliphatic heterocycles. The van der Waals surface area contributed by atoms with Gasteiger partial charge in [-0.25, -0.2) is 9.97 Å². The van der Waals surface area contributed by atoms with Crippen molar-refractivity contribution in [2.45, 2.75) is 25.8 Å². The van der Waals surface area contributed by atoms with Crippen molar-refractivity contribution in [1.82, 2.24) is 19.9 Å². The molecule has 0 radical (unpaired) electrons. The maximum Gasteiger partial charge on any atom is 0.255 e. The van der Waals surface area contributed by atoms with Gasteiger partial charge in [-0.3, -0.25) is 9.78 Å². The maximum atomic E-state index is 12.6. The maximum absolute atomic E-state index is 12.6. The molecule has 2 aromatic rings. The average Bonchev–Trinajstić information content (AvgIpc) is 2.97. The fraction of sp³-hybridized carbons (Fsp3) is 0.333. The molecule has 5 nitrogen and oxygen atoms in total. The molecule has 1 saturated heterocycles. The number of carbonyl (C=O) groups excluding carboxylic acids is 1. The molecule has 0 saturated carbocycles. The first-order chi connectivity index (χ1) is 9.75. The summed E-state index contributed by atoms with van der Waals surface area (Å²) >= 11 is 0. The summed E-state index contributed by atoms with van der Waals surface area (Å²) in [6, 6.07) is 5.53. The highest BCUT2D eigenvalue weighted by Crippen LogP contribution is 2.31. The Morgan fingerprint density at radius 1 is 1.35 bits per heavy atom. The molecule has 0 N–H and O–H groups in total. The van der Waals surface area contributed by atoms with Crippen LogP contribution in [0.3, 0.4) is 0 Å². The van der Waals surface area contributed by atoms with Crippen LogP contribution in [-0.4, -0.2) is 32.3 Å². The number of aromatic nitrogens is 3. The largest absolute Gasteiger partial charge is 0.330 e. The van der Waals surface area contributed by atoms with Gasteiger partial charge in [-0.15, -0.1) is 0 Å². The van der Waals surface area contributed by atoms with Gasteiger partial charge in [-0.1, -0.05) is 0 Å². The van der Waals surface area contributed by atoms with Gasteiger partial charge in [-0.05, 0) is 38.0 Å². The van der Waals surface area contributed by atoms with E-state index < -0.39 is 0 Å². The number of pyridine rings is 1. The summed E-state index contributed by atoms with van der Waals surface area (Å²) in [6.07, 6.45) is 6.99. The monoisotopic (exact) mass is 268 g/mol. The van der Waals surface area contributed by atoms with E-state index >= 15 is 0 Å².